The van der Waals surface area contributed by atoms with Crippen molar-refractivity contribution in [3.05, 3.63) is 94.5 Å². The number of fused-ring (bicyclic) bond motifs is 1. The van der Waals surface area contributed by atoms with Crippen LogP contribution in [0.1, 0.15) is 24.0 Å². The maximum atomic E-state index is 12.8. The molecule has 3 heterocycles. The summed E-state index contributed by atoms with van der Waals surface area (Å²) in [7, 11) is 0. The third kappa shape index (κ3) is 4.95. The monoisotopic (exact) mass is 448 g/mol. The Hall–Kier alpha value is -2.89. The van der Waals surface area contributed by atoms with Gasteiger partial charge in [-0.3, -0.25) is 14.0 Å². The second-order valence-corrected chi connectivity index (χ2v) is 8.39. The Bertz CT molecular complexity index is 1230. The molecule has 166 valence electrons. The zero-order chi connectivity index (χ0) is 21.0. The molecular weight excluding hydrogens is 420 g/mol. The second-order valence-electron chi connectivity index (χ2n) is 8.39. The second kappa shape index (κ2) is 10.2. The molecule has 0 unspecified atom stereocenters. The summed E-state index contributed by atoms with van der Waals surface area (Å²) in [5, 5.41) is 5.65. The van der Waals surface area contributed by atoms with E-state index in [4.69, 9.17) is 0 Å². The average Bonchev–Trinajstić information content (AvgIpc) is 3.46. The van der Waals surface area contributed by atoms with Gasteiger partial charge < -0.3 is 4.90 Å². The zero-order valence-electron chi connectivity index (χ0n) is 18.2. The van der Waals surface area contributed by atoms with E-state index in [9.17, 15) is 4.79 Å². The molecule has 0 aliphatic carbocycles. The highest BCUT2D eigenvalue weighted by molar-refractivity contribution is 5.85. The van der Waals surface area contributed by atoms with Crippen LogP contribution >= 0.6 is 12.4 Å². The van der Waals surface area contributed by atoms with Gasteiger partial charge in [0.05, 0.1) is 18.3 Å². The number of aryl methyl sites for hydroxylation is 2. The van der Waals surface area contributed by atoms with Gasteiger partial charge in [-0.25, -0.2) is 0 Å². The summed E-state index contributed by atoms with van der Waals surface area (Å²) < 4.78 is 3.79. The molecule has 0 bridgehead atoms. The maximum absolute atomic E-state index is 12.8. The van der Waals surface area contributed by atoms with Crippen molar-refractivity contribution < 1.29 is 0 Å². The van der Waals surface area contributed by atoms with Crippen LogP contribution in [-0.2, 0) is 19.4 Å². The van der Waals surface area contributed by atoms with E-state index in [2.05, 4.69) is 51.1 Å². The van der Waals surface area contributed by atoms with Crippen molar-refractivity contribution in [2.24, 2.45) is 0 Å². The minimum atomic E-state index is 0. The first-order chi connectivity index (χ1) is 15.3. The van der Waals surface area contributed by atoms with Gasteiger partial charge in [0.2, 0.25) is 0 Å². The number of likely N-dealkylation sites (tertiary alicyclic amines) is 1. The summed E-state index contributed by atoms with van der Waals surface area (Å²) >= 11 is 0. The number of hydrogen-bond donors (Lipinski definition) is 0. The van der Waals surface area contributed by atoms with Crippen LogP contribution in [0.3, 0.4) is 0 Å². The van der Waals surface area contributed by atoms with Crippen molar-refractivity contribution in [2.45, 2.75) is 32.2 Å². The molecule has 0 spiro atoms. The van der Waals surface area contributed by atoms with Crippen LogP contribution in [0.2, 0.25) is 0 Å². The highest BCUT2D eigenvalue weighted by Gasteiger charge is 2.12. The van der Waals surface area contributed by atoms with E-state index < -0.39 is 0 Å². The molecule has 32 heavy (non-hydrogen) atoms. The average molecular weight is 449 g/mol. The SMILES string of the molecule is Cl.O=c1cc(CCc2ccccc2)ccn1-c1ccc2c(cnn2CCN2CCCC2)c1. The van der Waals surface area contributed by atoms with Gasteiger partial charge >= 0.3 is 0 Å². The fourth-order valence-electron chi connectivity index (χ4n) is 4.47. The highest BCUT2D eigenvalue weighted by atomic mass is 35.5. The number of halogens is 1. The lowest BCUT2D eigenvalue weighted by molar-refractivity contribution is 0.318. The Morgan fingerprint density at radius 3 is 2.41 bits per heavy atom. The van der Waals surface area contributed by atoms with Gasteiger partial charge in [-0.15, -0.1) is 12.4 Å². The first-order valence-corrected chi connectivity index (χ1v) is 11.2. The summed E-state index contributed by atoms with van der Waals surface area (Å²) in [6.45, 7) is 4.35. The van der Waals surface area contributed by atoms with E-state index in [1.807, 2.05) is 30.6 Å². The van der Waals surface area contributed by atoms with Gasteiger partial charge in [-0.2, -0.15) is 5.10 Å². The summed E-state index contributed by atoms with van der Waals surface area (Å²) in [6.07, 6.45) is 8.21. The fourth-order valence-corrected chi connectivity index (χ4v) is 4.47. The van der Waals surface area contributed by atoms with Gasteiger partial charge in [0.25, 0.3) is 5.56 Å². The van der Waals surface area contributed by atoms with Crippen LogP contribution in [0.4, 0.5) is 0 Å². The quantitative estimate of drug-likeness (QED) is 0.418. The van der Waals surface area contributed by atoms with E-state index >= 15 is 0 Å². The summed E-state index contributed by atoms with van der Waals surface area (Å²) in [6, 6.07) is 20.3. The van der Waals surface area contributed by atoms with E-state index in [1.54, 1.807) is 10.6 Å². The van der Waals surface area contributed by atoms with Crippen LogP contribution < -0.4 is 5.56 Å². The van der Waals surface area contributed by atoms with Gasteiger partial charge in [0.1, 0.15) is 0 Å². The molecular formula is C26H29ClN4O. The van der Waals surface area contributed by atoms with Crippen molar-refractivity contribution in [3.63, 3.8) is 0 Å². The Labute approximate surface area is 194 Å². The summed E-state index contributed by atoms with van der Waals surface area (Å²) in [5.41, 5.74) is 4.37. The van der Waals surface area contributed by atoms with Gasteiger partial charge in [0.15, 0.2) is 0 Å². The lowest BCUT2D eigenvalue weighted by atomic mass is 10.1. The molecule has 5 rings (SSSR count). The lowest BCUT2D eigenvalue weighted by Gasteiger charge is -2.14. The molecule has 0 amide bonds. The number of hydrogen-bond acceptors (Lipinski definition) is 3. The Morgan fingerprint density at radius 1 is 0.844 bits per heavy atom. The molecule has 1 aliphatic rings. The molecule has 2 aromatic carbocycles. The van der Waals surface area contributed by atoms with Gasteiger partial charge in [-0.05, 0) is 74.2 Å². The molecule has 1 saturated heterocycles. The molecule has 0 N–H and O–H groups in total. The first kappa shape index (κ1) is 22.3. The van der Waals surface area contributed by atoms with Crippen LogP contribution in [-0.4, -0.2) is 38.9 Å². The van der Waals surface area contributed by atoms with Crippen molar-refractivity contribution in [1.82, 2.24) is 19.2 Å². The predicted molar refractivity (Wildman–Crippen MR) is 132 cm³/mol. The van der Waals surface area contributed by atoms with Crippen LogP contribution in [0, 0.1) is 0 Å². The lowest BCUT2D eigenvalue weighted by Crippen LogP contribution is -2.24. The molecule has 0 atom stereocenters. The fraction of sp³-hybridized carbons (Fsp3) is 0.308. The number of benzene rings is 2. The van der Waals surface area contributed by atoms with Crippen LogP contribution in [0.15, 0.2) is 77.9 Å². The molecule has 5 nitrogen and oxygen atoms in total. The Morgan fingerprint density at radius 2 is 1.62 bits per heavy atom. The van der Waals surface area contributed by atoms with E-state index in [0.29, 0.717) is 0 Å². The van der Waals surface area contributed by atoms with Crippen molar-refractivity contribution in [3.8, 4) is 5.69 Å². The van der Waals surface area contributed by atoms with Crippen molar-refractivity contribution in [1.29, 1.82) is 0 Å². The van der Waals surface area contributed by atoms with Crippen LogP contribution in [0.5, 0.6) is 0 Å². The largest absolute Gasteiger partial charge is 0.301 e. The van der Waals surface area contributed by atoms with Crippen molar-refractivity contribution >= 4 is 23.3 Å². The third-order valence-electron chi connectivity index (χ3n) is 6.26. The van der Waals surface area contributed by atoms with E-state index in [1.165, 1.54) is 31.5 Å². The molecule has 1 fully saturated rings. The molecule has 1 aliphatic heterocycles. The van der Waals surface area contributed by atoms with Crippen LogP contribution in [0.25, 0.3) is 16.6 Å². The smallest absolute Gasteiger partial charge is 0.255 e. The molecule has 2 aromatic heterocycles. The molecule has 0 radical (unpaired) electrons. The van der Waals surface area contributed by atoms with Gasteiger partial charge in [-0.1, -0.05) is 30.3 Å². The topological polar surface area (TPSA) is 43.1 Å². The zero-order valence-corrected chi connectivity index (χ0v) is 19.0. The number of nitrogens with zero attached hydrogens (tertiary/aromatic N) is 4. The summed E-state index contributed by atoms with van der Waals surface area (Å²) in [4.78, 5) is 15.3. The normalized spacial score (nSPS) is 14.0. The third-order valence-corrected chi connectivity index (χ3v) is 6.26. The number of aromatic nitrogens is 3. The van der Waals surface area contributed by atoms with Gasteiger partial charge in [0, 0.05) is 29.9 Å². The van der Waals surface area contributed by atoms with E-state index in [0.717, 1.165) is 48.1 Å². The minimum absolute atomic E-state index is 0. The minimum Gasteiger partial charge on any atom is -0.301 e. The molecule has 6 heteroatoms. The highest BCUT2D eigenvalue weighted by Crippen LogP contribution is 2.18. The Kier molecular flexibility index (Phi) is 7.08. The number of pyridine rings is 1. The maximum Gasteiger partial charge on any atom is 0.255 e. The number of rotatable bonds is 7. The molecule has 4 aromatic rings. The summed E-state index contributed by atoms with van der Waals surface area (Å²) in [5.74, 6) is 0. The van der Waals surface area contributed by atoms with E-state index in [-0.39, 0.29) is 18.0 Å². The molecule has 0 saturated carbocycles. The Balaban J connectivity index is 0.00000245. The van der Waals surface area contributed by atoms with Crippen molar-refractivity contribution in [2.75, 3.05) is 19.6 Å². The predicted octanol–water partition coefficient (Wildman–Crippen LogP) is 4.49. The standard InChI is InChI=1S/C26H28N4O.ClH/c31-26-18-22(9-8-21-6-2-1-3-7-21)12-15-29(26)24-10-11-25-23(19-24)20-27-30(25)17-16-28-13-4-5-14-28;/h1-3,6-7,10-12,15,18-20H,4-5,8-9,13-14,16-17H2;1H. The first-order valence-electron chi connectivity index (χ1n) is 11.2.